The monoisotopic (exact) mass is 347 g/mol. The van der Waals surface area contributed by atoms with Crippen LogP contribution in [0.3, 0.4) is 0 Å². The van der Waals surface area contributed by atoms with E-state index in [1.807, 2.05) is 0 Å². The first kappa shape index (κ1) is 15.5. The maximum atomic E-state index is 12.3. The zero-order valence-corrected chi connectivity index (χ0v) is 13.3. The summed E-state index contributed by atoms with van der Waals surface area (Å²) < 4.78 is 1.24. The van der Waals surface area contributed by atoms with Gasteiger partial charge in [-0.2, -0.15) is 0 Å². The minimum Gasteiger partial charge on any atom is -0.322 e. The Labute approximate surface area is 141 Å². The highest BCUT2D eigenvalue weighted by molar-refractivity contribution is 6.39. The van der Waals surface area contributed by atoms with Gasteiger partial charge in [-0.3, -0.25) is 14.2 Å². The number of nitrogens with one attached hydrogen (secondary N) is 1. The first-order valence-corrected chi connectivity index (χ1v) is 7.50. The largest absolute Gasteiger partial charge is 0.322 e. The molecule has 0 atom stereocenters. The molecule has 3 rings (SSSR count). The summed E-state index contributed by atoms with van der Waals surface area (Å²) in [4.78, 5) is 28.7. The summed E-state index contributed by atoms with van der Waals surface area (Å²) in [6, 6.07) is 11.9. The van der Waals surface area contributed by atoms with E-state index in [0.717, 1.165) is 0 Å². The Kier molecular flexibility index (Phi) is 4.32. The molecule has 5 nitrogen and oxygen atoms in total. The Hall–Kier alpha value is -2.37. The van der Waals surface area contributed by atoms with Crippen molar-refractivity contribution in [1.82, 2.24) is 9.55 Å². The van der Waals surface area contributed by atoms with Crippen LogP contribution in [0.5, 0.6) is 0 Å². The fraction of sp³-hybridized carbons (Fsp3) is 0.0625. The third-order valence-electron chi connectivity index (χ3n) is 3.27. The van der Waals surface area contributed by atoms with Crippen molar-refractivity contribution < 1.29 is 4.79 Å². The number of anilines is 1. The van der Waals surface area contributed by atoms with Crippen LogP contribution in [-0.4, -0.2) is 15.5 Å². The molecule has 1 aromatic heterocycles. The van der Waals surface area contributed by atoms with E-state index in [4.69, 9.17) is 23.2 Å². The molecule has 0 aliphatic heterocycles. The van der Waals surface area contributed by atoms with Crippen molar-refractivity contribution in [3.63, 3.8) is 0 Å². The van der Waals surface area contributed by atoms with Crippen LogP contribution in [-0.2, 0) is 11.3 Å². The van der Waals surface area contributed by atoms with Gasteiger partial charge >= 0.3 is 0 Å². The van der Waals surface area contributed by atoms with Crippen LogP contribution in [0.1, 0.15) is 0 Å². The first-order valence-electron chi connectivity index (χ1n) is 6.74. The Balaban J connectivity index is 1.86. The Morgan fingerprint density at radius 1 is 1.09 bits per heavy atom. The molecule has 116 valence electrons. The van der Waals surface area contributed by atoms with Gasteiger partial charge in [0.25, 0.3) is 5.56 Å². The molecule has 1 heterocycles. The highest BCUT2D eigenvalue weighted by Gasteiger charge is 2.12. The van der Waals surface area contributed by atoms with Gasteiger partial charge in [0, 0.05) is 0 Å². The second kappa shape index (κ2) is 6.40. The van der Waals surface area contributed by atoms with Crippen LogP contribution in [0.15, 0.2) is 53.6 Å². The lowest BCUT2D eigenvalue weighted by molar-refractivity contribution is -0.116. The second-order valence-electron chi connectivity index (χ2n) is 4.84. The molecule has 23 heavy (non-hydrogen) atoms. The molecule has 0 aliphatic rings. The van der Waals surface area contributed by atoms with Crippen molar-refractivity contribution in [2.24, 2.45) is 0 Å². The van der Waals surface area contributed by atoms with E-state index >= 15 is 0 Å². The summed E-state index contributed by atoms with van der Waals surface area (Å²) in [6.45, 7) is -0.182. The van der Waals surface area contributed by atoms with Crippen molar-refractivity contribution >= 4 is 45.7 Å². The summed E-state index contributed by atoms with van der Waals surface area (Å²) >= 11 is 12.0. The minimum absolute atomic E-state index is 0.182. The molecule has 0 fully saturated rings. The minimum atomic E-state index is -0.417. The Morgan fingerprint density at radius 2 is 1.78 bits per heavy atom. The number of carbonyl (C=O) groups is 1. The average molecular weight is 348 g/mol. The molecule has 0 saturated heterocycles. The lowest BCUT2D eigenvalue weighted by Gasteiger charge is -2.10. The molecular formula is C16H11Cl2N3O2. The van der Waals surface area contributed by atoms with Crippen molar-refractivity contribution in [1.29, 1.82) is 0 Å². The molecule has 0 radical (unpaired) electrons. The lowest BCUT2D eigenvalue weighted by Crippen LogP contribution is -2.28. The molecule has 3 aromatic rings. The average Bonchev–Trinajstić information content (AvgIpc) is 2.54. The van der Waals surface area contributed by atoms with E-state index in [2.05, 4.69) is 10.3 Å². The van der Waals surface area contributed by atoms with Crippen LogP contribution >= 0.6 is 23.2 Å². The molecule has 0 bridgehead atoms. The van der Waals surface area contributed by atoms with Gasteiger partial charge in [0.15, 0.2) is 0 Å². The van der Waals surface area contributed by atoms with Crippen LogP contribution in [0.25, 0.3) is 10.9 Å². The van der Waals surface area contributed by atoms with Gasteiger partial charge in [-0.25, -0.2) is 4.98 Å². The van der Waals surface area contributed by atoms with E-state index in [1.165, 1.54) is 10.9 Å². The van der Waals surface area contributed by atoms with Crippen LogP contribution < -0.4 is 10.9 Å². The molecule has 1 N–H and O–H groups in total. The van der Waals surface area contributed by atoms with Gasteiger partial charge in [-0.1, -0.05) is 41.4 Å². The topological polar surface area (TPSA) is 64.0 Å². The third kappa shape index (κ3) is 3.21. The fourth-order valence-electron chi connectivity index (χ4n) is 2.17. The third-order valence-corrected chi connectivity index (χ3v) is 3.90. The number of para-hydroxylation sites is 2. The van der Waals surface area contributed by atoms with E-state index in [1.54, 1.807) is 42.5 Å². The van der Waals surface area contributed by atoms with E-state index in [9.17, 15) is 9.59 Å². The van der Waals surface area contributed by atoms with Gasteiger partial charge in [-0.15, -0.1) is 0 Å². The summed E-state index contributed by atoms with van der Waals surface area (Å²) in [5.41, 5.74) is 0.627. The zero-order chi connectivity index (χ0) is 16.4. The molecule has 1 amide bonds. The summed E-state index contributed by atoms with van der Waals surface area (Å²) in [7, 11) is 0. The second-order valence-corrected chi connectivity index (χ2v) is 5.65. The number of hydrogen-bond acceptors (Lipinski definition) is 3. The smallest absolute Gasteiger partial charge is 0.261 e. The Morgan fingerprint density at radius 3 is 2.52 bits per heavy atom. The Bertz CT molecular complexity index is 933. The van der Waals surface area contributed by atoms with E-state index in [0.29, 0.717) is 26.6 Å². The highest BCUT2D eigenvalue weighted by atomic mass is 35.5. The molecule has 2 aromatic carbocycles. The maximum absolute atomic E-state index is 12.3. The molecule has 0 saturated carbocycles. The van der Waals surface area contributed by atoms with Crippen LogP contribution in [0.4, 0.5) is 5.69 Å². The number of hydrogen-bond donors (Lipinski definition) is 1. The predicted molar refractivity (Wildman–Crippen MR) is 91.1 cm³/mol. The number of nitrogens with zero attached hydrogens (tertiary/aromatic N) is 2. The van der Waals surface area contributed by atoms with Crippen molar-refractivity contribution in [2.45, 2.75) is 6.54 Å². The number of benzene rings is 2. The van der Waals surface area contributed by atoms with E-state index in [-0.39, 0.29) is 12.1 Å². The van der Waals surface area contributed by atoms with Crippen molar-refractivity contribution in [3.05, 3.63) is 69.2 Å². The van der Waals surface area contributed by atoms with Gasteiger partial charge in [-0.05, 0) is 24.3 Å². The van der Waals surface area contributed by atoms with Gasteiger partial charge in [0.2, 0.25) is 5.91 Å². The van der Waals surface area contributed by atoms with Crippen molar-refractivity contribution in [2.75, 3.05) is 5.32 Å². The van der Waals surface area contributed by atoms with Gasteiger partial charge in [0.1, 0.15) is 6.54 Å². The van der Waals surface area contributed by atoms with Gasteiger partial charge in [0.05, 0.1) is 33.0 Å². The standard InChI is InChI=1S/C16H11Cl2N3O2/c17-11-5-3-6-12(18)15(11)20-14(22)8-21-9-19-13-7-2-1-4-10(13)16(21)23/h1-7,9H,8H2,(H,20,22). The molecule has 7 heteroatoms. The fourth-order valence-corrected chi connectivity index (χ4v) is 2.66. The highest BCUT2D eigenvalue weighted by Crippen LogP contribution is 2.29. The predicted octanol–water partition coefficient (Wildman–Crippen LogP) is 3.34. The summed E-state index contributed by atoms with van der Waals surface area (Å²) in [5.74, 6) is -0.417. The number of carbonyl (C=O) groups excluding carboxylic acids is 1. The molecule has 0 aliphatic carbocycles. The number of amides is 1. The summed E-state index contributed by atoms with van der Waals surface area (Å²) in [6.07, 6.45) is 1.35. The van der Waals surface area contributed by atoms with Crippen LogP contribution in [0.2, 0.25) is 10.0 Å². The van der Waals surface area contributed by atoms with Gasteiger partial charge < -0.3 is 5.32 Å². The number of fused-ring (bicyclic) bond motifs is 1. The van der Waals surface area contributed by atoms with Crippen molar-refractivity contribution in [3.8, 4) is 0 Å². The quantitative estimate of drug-likeness (QED) is 0.790. The normalized spacial score (nSPS) is 10.7. The van der Waals surface area contributed by atoms with Crippen LogP contribution in [0, 0.1) is 0 Å². The number of halogens is 2. The first-order chi connectivity index (χ1) is 11.1. The summed E-state index contributed by atoms with van der Waals surface area (Å²) in [5, 5.41) is 3.73. The molecular weight excluding hydrogens is 337 g/mol. The lowest BCUT2D eigenvalue weighted by atomic mass is 10.2. The maximum Gasteiger partial charge on any atom is 0.261 e. The molecule has 0 spiro atoms. The van der Waals surface area contributed by atoms with E-state index < -0.39 is 5.91 Å². The number of aromatic nitrogens is 2. The molecule has 0 unspecified atom stereocenters. The SMILES string of the molecule is O=C(Cn1cnc2ccccc2c1=O)Nc1c(Cl)cccc1Cl. The zero-order valence-electron chi connectivity index (χ0n) is 11.8. The number of rotatable bonds is 3.